The van der Waals surface area contributed by atoms with E-state index in [4.69, 9.17) is 4.74 Å². The van der Waals surface area contributed by atoms with E-state index in [-0.39, 0.29) is 45.3 Å². The van der Waals surface area contributed by atoms with Gasteiger partial charge < -0.3 is 20.3 Å². The van der Waals surface area contributed by atoms with E-state index >= 15 is 4.39 Å². The zero-order valence-corrected chi connectivity index (χ0v) is 21.7. The standard InChI is InChI=1S/C26H27F2N5O4S/c1-15-14-37-10-9-33(15)24-13-22(20-11-16(27)3-8-23(20)38(2,35)36)31-25(32-24)19-7-6-18(12-21(19)28)30-26(34)29-17-4-5-17/h3,6-8,11-13,15,17H,4-5,9-10,14H2,1-2H3,(H2,29,30,34). The van der Waals surface area contributed by atoms with Gasteiger partial charge >= 0.3 is 6.03 Å². The molecule has 2 heterocycles. The molecule has 2 aliphatic rings. The number of carbonyl (C=O) groups excluding carboxylic acids is 1. The fourth-order valence-electron chi connectivity index (χ4n) is 4.29. The van der Waals surface area contributed by atoms with Crippen molar-refractivity contribution in [2.24, 2.45) is 0 Å². The highest BCUT2D eigenvalue weighted by molar-refractivity contribution is 7.90. The number of halogens is 2. The number of benzene rings is 2. The summed E-state index contributed by atoms with van der Waals surface area (Å²) in [4.78, 5) is 23.0. The van der Waals surface area contributed by atoms with Crippen molar-refractivity contribution in [3.63, 3.8) is 0 Å². The highest BCUT2D eigenvalue weighted by Gasteiger charge is 2.26. The Morgan fingerprint density at radius 3 is 2.55 bits per heavy atom. The number of amides is 2. The molecule has 1 aliphatic carbocycles. The minimum absolute atomic E-state index is 0.00798. The van der Waals surface area contributed by atoms with Gasteiger partial charge in [-0.05, 0) is 56.2 Å². The van der Waals surface area contributed by atoms with Gasteiger partial charge in [-0.2, -0.15) is 0 Å². The van der Waals surface area contributed by atoms with Crippen LogP contribution in [0.25, 0.3) is 22.6 Å². The Morgan fingerprint density at radius 2 is 1.87 bits per heavy atom. The summed E-state index contributed by atoms with van der Waals surface area (Å²) in [7, 11) is -3.73. The third-order valence-electron chi connectivity index (χ3n) is 6.37. The smallest absolute Gasteiger partial charge is 0.319 e. The molecule has 1 aromatic heterocycles. The Labute approximate surface area is 219 Å². The lowest BCUT2D eigenvalue weighted by Gasteiger charge is -2.34. The monoisotopic (exact) mass is 543 g/mol. The molecule has 9 nitrogen and oxygen atoms in total. The number of sulfone groups is 1. The molecular formula is C26H27F2N5O4S. The number of nitrogens with zero attached hydrogens (tertiary/aromatic N) is 3. The molecule has 1 unspecified atom stereocenters. The number of rotatable bonds is 6. The quantitative estimate of drug-likeness (QED) is 0.452. The zero-order valence-electron chi connectivity index (χ0n) is 20.9. The van der Waals surface area contributed by atoms with Crippen LogP contribution in [-0.4, -0.2) is 62.5 Å². The Morgan fingerprint density at radius 1 is 1.08 bits per heavy atom. The zero-order chi connectivity index (χ0) is 27.0. The maximum atomic E-state index is 15.3. The first kappa shape index (κ1) is 26.0. The summed E-state index contributed by atoms with van der Waals surface area (Å²) in [5.74, 6) is -0.906. The van der Waals surface area contributed by atoms with Crippen LogP contribution in [0, 0.1) is 11.6 Å². The molecule has 200 valence electrons. The molecule has 3 aromatic rings. The number of nitrogens with one attached hydrogen (secondary N) is 2. The largest absolute Gasteiger partial charge is 0.377 e. The fourth-order valence-corrected chi connectivity index (χ4v) is 5.17. The van der Waals surface area contributed by atoms with Gasteiger partial charge in [0.05, 0.1) is 35.4 Å². The SMILES string of the molecule is CC1COCCN1c1cc(-c2cc(F)ccc2S(C)(=O)=O)nc(-c2ccc(NC(=O)NC3CC3)cc2F)n1. The summed E-state index contributed by atoms with van der Waals surface area (Å²) in [6, 6.07) is 8.73. The number of hydrogen-bond acceptors (Lipinski definition) is 7. The molecule has 0 radical (unpaired) electrons. The Kier molecular flexibility index (Phi) is 7.01. The number of morpholine rings is 1. The molecule has 1 saturated carbocycles. The van der Waals surface area contributed by atoms with Gasteiger partial charge in [0.1, 0.15) is 17.5 Å². The molecule has 12 heteroatoms. The fraction of sp³-hybridized carbons (Fsp3) is 0.346. The first-order chi connectivity index (χ1) is 18.1. The molecule has 2 amide bonds. The number of urea groups is 1. The van der Waals surface area contributed by atoms with Crippen molar-refractivity contribution >= 4 is 27.4 Å². The predicted molar refractivity (Wildman–Crippen MR) is 139 cm³/mol. The maximum Gasteiger partial charge on any atom is 0.319 e. The minimum Gasteiger partial charge on any atom is -0.377 e. The normalized spacial score (nSPS) is 17.8. The first-order valence-corrected chi connectivity index (χ1v) is 14.1. The molecule has 2 N–H and O–H groups in total. The molecule has 1 atom stereocenters. The van der Waals surface area contributed by atoms with E-state index in [1.807, 2.05) is 11.8 Å². The lowest BCUT2D eigenvalue weighted by molar-refractivity contribution is 0.0985. The van der Waals surface area contributed by atoms with Crippen LogP contribution < -0.4 is 15.5 Å². The lowest BCUT2D eigenvalue weighted by atomic mass is 10.1. The van der Waals surface area contributed by atoms with Gasteiger partial charge in [0.2, 0.25) is 0 Å². The van der Waals surface area contributed by atoms with Crippen molar-refractivity contribution in [2.45, 2.75) is 36.7 Å². The average Bonchev–Trinajstić information content (AvgIpc) is 3.67. The van der Waals surface area contributed by atoms with Crippen molar-refractivity contribution in [1.29, 1.82) is 0 Å². The van der Waals surface area contributed by atoms with E-state index in [0.29, 0.717) is 25.6 Å². The van der Waals surface area contributed by atoms with Crippen molar-refractivity contribution in [1.82, 2.24) is 15.3 Å². The van der Waals surface area contributed by atoms with E-state index < -0.39 is 27.5 Å². The van der Waals surface area contributed by atoms with Crippen LogP contribution in [0.1, 0.15) is 19.8 Å². The van der Waals surface area contributed by atoms with Gasteiger partial charge in [0.15, 0.2) is 15.7 Å². The molecule has 1 saturated heterocycles. The van der Waals surface area contributed by atoms with Crippen molar-refractivity contribution < 1.29 is 26.7 Å². The van der Waals surface area contributed by atoms with E-state index in [2.05, 4.69) is 20.6 Å². The summed E-state index contributed by atoms with van der Waals surface area (Å²) in [6.07, 6.45) is 2.87. The van der Waals surface area contributed by atoms with Crippen molar-refractivity contribution in [2.75, 3.05) is 36.2 Å². The van der Waals surface area contributed by atoms with Gasteiger partial charge in [-0.15, -0.1) is 0 Å². The minimum atomic E-state index is -3.73. The molecule has 2 aromatic carbocycles. The average molecular weight is 544 g/mol. The summed E-state index contributed by atoms with van der Waals surface area (Å²) < 4.78 is 60.1. The molecular weight excluding hydrogens is 516 g/mol. The molecule has 0 spiro atoms. The van der Waals surface area contributed by atoms with Crippen LogP contribution in [0.3, 0.4) is 0 Å². The third kappa shape index (κ3) is 5.76. The van der Waals surface area contributed by atoms with Gasteiger partial charge in [0.25, 0.3) is 0 Å². The number of carbonyl (C=O) groups is 1. The van der Waals surface area contributed by atoms with Crippen molar-refractivity contribution in [3.8, 4) is 22.6 Å². The van der Waals surface area contributed by atoms with Crippen LogP contribution in [-0.2, 0) is 14.6 Å². The summed E-state index contributed by atoms with van der Waals surface area (Å²) in [6.45, 7) is 3.34. The topological polar surface area (TPSA) is 114 Å². The second-order valence-electron chi connectivity index (χ2n) is 9.53. The number of hydrogen-bond donors (Lipinski definition) is 2. The lowest BCUT2D eigenvalue weighted by Crippen LogP contribution is -2.44. The third-order valence-corrected chi connectivity index (χ3v) is 7.53. The van der Waals surface area contributed by atoms with E-state index in [1.165, 1.54) is 24.3 Å². The van der Waals surface area contributed by atoms with Crippen LogP contribution in [0.15, 0.2) is 47.4 Å². The molecule has 1 aliphatic heterocycles. The van der Waals surface area contributed by atoms with Gasteiger partial charge in [-0.1, -0.05) is 0 Å². The highest BCUT2D eigenvalue weighted by Crippen LogP contribution is 2.33. The van der Waals surface area contributed by atoms with Crippen LogP contribution in [0.2, 0.25) is 0 Å². The maximum absolute atomic E-state index is 15.3. The predicted octanol–water partition coefficient (Wildman–Crippen LogP) is 4.00. The Hall–Kier alpha value is -3.64. The summed E-state index contributed by atoms with van der Waals surface area (Å²) >= 11 is 0. The molecule has 0 bridgehead atoms. The Bertz CT molecular complexity index is 1500. The summed E-state index contributed by atoms with van der Waals surface area (Å²) in [5, 5.41) is 5.38. The van der Waals surface area contributed by atoms with Crippen LogP contribution in [0.5, 0.6) is 0 Å². The molecule has 38 heavy (non-hydrogen) atoms. The Balaban J connectivity index is 1.60. The van der Waals surface area contributed by atoms with E-state index in [1.54, 1.807) is 6.07 Å². The summed E-state index contributed by atoms with van der Waals surface area (Å²) in [5.41, 5.74) is 0.481. The molecule has 2 fully saturated rings. The highest BCUT2D eigenvalue weighted by atomic mass is 32.2. The van der Waals surface area contributed by atoms with Crippen molar-refractivity contribution in [3.05, 3.63) is 54.1 Å². The second kappa shape index (κ2) is 10.3. The van der Waals surface area contributed by atoms with Gasteiger partial charge in [0, 0.05) is 36.2 Å². The number of ether oxygens (including phenoxy) is 1. The van der Waals surface area contributed by atoms with E-state index in [0.717, 1.165) is 31.2 Å². The van der Waals surface area contributed by atoms with Gasteiger partial charge in [-0.25, -0.2) is 32.0 Å². The number of anilines is 2. The van der Waals surface area contributed by atoms with Gasteiger partial charge in [-0.3, -0.25) is 0 Å². The van der Waals surface area contributed by atoms with Crippen LogP contribution in [0.4, 0.5) is 25.1 Å². The van der Waals surface area contributed by atoms with E-state index in [9.17, 15) is 17.6 Å². The number of aromatic nitrogens is 2. The first-order valence-electron chi connectivity index (χ1n) is 12.2. The molecule has 5 rings (SSSR count). The van der Waals surface area contributed by atoms with Crippen LogP contribution >= 0.6 is 0 Å². The second-order valence-corrected chi connectivity index (χ2v) is 11.5.